The molecule has 0 N–H and O–H groups in total. The van der Waals surface area contributed by atoms with Gasteiger partial charge in [0.1, 0.15) is 24.7 Å². The Kier molecular flexibility index (Phi) is 4.83. The molecule has 0 unspecified atom stereocenters. The predicted octanol–water partition coefficient (Wildman–Crippen LogP) is 6.00. The smallest absolute Gasteiger partial charge is 0.119 e. The average molecular weight is 340 g/mol. The molecule has 4 aromatic rings. The zero-order valence-corrected chi connectivity index (χ0v) is 14.5. The highest BCUT2D eigenvalue weighted by molar-refractivity contribution is 5.86. The second kappa shape index (κ2) is 7.75. The van der Waals surface area contributed by atoms with E-state index < -0.39 is 0 Å². The third kappa shape index (κ3) is 3.86. The summed E-state index contributed by atoms with van der Waals surface area (Å²) in [4.78, 5) is 0. The SMILES string of the molecule is c1ccc(OCc2cc(COc3ccccc3)c3ccccc3c2)cc1. The Morgan fingerprint density at radius 2 is 1.12 bits per heavy atom. The first-order valence-electron chi connectivity index (χ1n) is 8.75. The van der Waals surface area contributed by atoms with Crippen LogP contribution in [0.4, 0.5) is 0 Å². The van der Waals surface area contributed by atoms with Gasteiger partial charge in [0.15, 0.2) is 0 Å². The summed E-state index contributed by atoms with van der Waals surface area (Å²) in [6, 6.07) is 32.6. The first kappa shape index (κ1) is 16.2. The van der Waals surface area contributed by atoms with Crippen molar-refractivity contribution in [2.45, 2.75) is 13.2 Å². The van der Waals surface area contributed by atoms with Crippen molar-refractivity contribution in [2.24, 2.45) is 0 Å². The molecule has 0 saturated heterocycles. The molecule has 2 nitrogen and oxygen atoms in total. The monoisotopic (exact) mass is 340 g/mol. The van der Waals surface area contributed by atoms with E-state index in [1.165, 1.54) is 16.3 Å². The van der Waals surface area contributed by atoms with E-state index in [2.05, 4.69) is 36.4 Å². The molecule has 0 fully saturated rings. The normalized spacial score (nSPS) is 10.6. The lowest BCUT2D eigenvalue weighted by Gasteiger charge is -2.13. The van der Waals surface area contributed by atoms with Gasteiger partial charge in [0.25, 0.3) is 0 Å². The largest absolute Gasteiger partial charge is 0.489 e. The molecule has 0 bridgehead atoms. The topological polar surface area (TPSA) is 18.5 Å². The van der Waals surface area contributed by atoms with Gasteiger partial charge in [-0.2, -0.15) is 0 Å². The van der Waals surface area contributed by atoms with Crippen molar-refractivity contribution in [3.05, 3.63) is 108 Å². The number of fused-ring (bicyclic) bond motifs is 1. The molecule has 0 aliphatic heterocycles. The van der Waals surface area contributed by atoms with E-state index in [4.69, 9.17) is 9.47 Å². The zero-order valence-electron chi connectivity index (χ0n) is 14.5. The molecule has 0 aliphatic rings. The quantitative estimate of drug-likeness (QED) is 0.429. The van der Waals surface area contributed by atoms with Crippen molar-refractivity contribution in [1.82, 2.24) is 0 Å². The van der Waals surface area contributed by atoms with Gasteiger partial charge in [0.2, 0.25) is 0 Å². The van der Waals surface area contributed by atoms with Crippen LogP contribution in [0.25, 0.3) is 10.8 Å². The van der Waals surface area contributed by atoms with Crippen molar-refractivity contribution in [3.63, 3.8) is 0 Å². The van der Waals surface area contributed by atoms with Gasteiger partial charge in [-0.05, 0) is 58.3 Å². The van der Waals surface area contributed by atoms with E-state index in [0.29, 0.717) is 13.2 Å². The molecule has 0 heterocycles. The van der Waals surface area contributed by atoms with Gasteiger partial charge in [-0.3, -0.25) is 0 Å². The molecule has 2 heteroatoms. The highest BCUT2D eigenvalue weighted by Gasteiger charge is 2.06. The van der Waals surface area contributed by atoms with Crippen LogP contribution in [0.2, 0.25) is 0 Å². The summed E-state index contributed by atoms with van der Waals surface area (Å²) in [5, 5.41) is 2.42. The first-order chi connectivity index (χ1) is 12.9. The number of hydrogen-bond donors (Lipinski definition) is 0. The van der Waals surface area contributed by atoms with Gasteiger partial charge in [0, 0.05) is 0 Å². The summed E-state index contributed by atoms with van der Waals surface area (Å²) in [7, 11) is 0. The van der Waals surface area contributed by atoms with Crippen molar-refractivity contribution in [1.29, 1.82) is 0 Å². The lowest BCUT2D eigenvalue weighted by atomic mass is 10.0. The number of benzene rings is 4. The maximum absolute atomic E-state index is 5.98. The van der Waals surface area contributed by atoms with Crippen molar-refractivity contribution in [3.8, 4) is 11.5 Å². The predicted molar refractivity (Wildman–Crippen MR) is 105 cm³/mol. The molecule has 0 aromatic heterocycles. The molecular formula is C24H20O2. The fourth-order valence-corrected chi connectivity index (χ4v) is 3.02. The van der Waals surface area contributed by atoms with Crippen LogP contribution in [-0.2, 0) is 13.2 Å². The van der Waals surface area contributed by atoms with Crippen LogP contribution < -0.4 is 9.47 Å². The Balaban J connectivity index is 1.58. The van der Waals surface area contributed by atoms with E-state index in [-0.39, 0.29) is 0 Å². The average Bonchev–Trinajstić information content (AvgIpc) is 2.72. The minimum atomic E-state index is 0.531. The standard InChI is InChI=1S/C24H20O2/c1-3-10-22(11-4-1)25-17-19-15-20-9-7-8-14-24(20)21(16-19)18-26-23-12-5-2-6-13-23/h1-16H,17-18H2. The van der Waals surface area contributed by atoms with Gasteiger partial charge in [0.05, 0.1) is 0 Å². The number of rotatable bonds is 6. The van der Waals surface area contributed by atoms with Crippen molar-refractivity contribution < 1.29 is 9.47 Å². The van der Waals surface area contributed by atoms with Gasteiger partial charge in [-0.1, -0.05) is 60.7 Å². The summed E-state index contributed by atoms with van der Waals surface area (Å²) < 4.78 is 11.9. The molecular weight excluding hydrogens is 320 g/mol. The lowest BCUT2D eigenvalue weighted by molar-refractivity contribution is 0.301. The minimum absolute atomic E-state index is 0.531. The lowest BCUT2D eigenvalue weighted by Crippen LogP contribution is -2.00. The molecule has 0 spiro atoms. The van der Waals surface area contributed by atoms with Gasteiger partial charge >= 0.3 is 0 Å². The Bertz CT molecular complexity index is 979. The van der Waals surface area contributed by atoms with Crippen LogP contribution in [0.5, 0.6) is 11.5 Å². The van der Waals surface area contributed by atoms with E-state index in [1.54, 1.807) is 0 Å². The van der Waals surface area contributed by atoms with E-state index in [0.717, 1.165) is 17.1 Å². The van der Waals surface area contributed by atoms with E-state index in [1.807, 2.05) is 60.7 Å². The van der Waals surface area contributed by atoms with Crippen molar-refractivity contribution in [2.75, 3.05) is 0 Å². The highest BCUT2D eigenvalue weighted by Crippen LogP contribution is 2.24. The van der Waals surface area contributed by atoms with Gasteiger partial charge in [-0.25, -0.2) is 0 Å². The van der Waals surface area contributed by atoms with E-state index >= 15 is 0 Å². The third-order valence-electron chi connectivity index (χ3n) is 4.29. The Morgan fingerprint density at radius 1 is 0.538 bits per heavy atom. The van der Waals surface area contributed by atoms with Crippen LogP contribution in [0.15, 0.2) is 97.1 Å². The van der Waals surface area contributed by atoms with Crippen LogP contribution in [0.1, 0.15) is 11.1 Å². The zero-order chi connectivity index (χ0) is 17.6. The van der Waals surface area contributed by atoms with Gasteiger partial charge < -0.3 is 9.47 Å². The number of ether oxygens (including phenoxy) is 2. The van der Waals surface area contributed by atoms with Crippen LogP contribution >= 0.6 is 0 Å². The molecule has 26 heavy (non-hydrogen) atoms. The number of para-hydroxylation sites is 2. The Morgan fingerprint density at radius 3 is 1.81 bits per heavy atom. The fourth-order valence-electron chi connectivity index (χ4n) is 3.02. The van der Waals surface area contributed by atoms with E-state index in [9.17, 15) is 0 Å². The third-order valence-corrected chi connectivity index (χ3v) is 4.29. The summed E-state index contributed by atoms with van der Waals surface area (Å²) >= 11 is 0. The summed E-state index contributed by atoms with van der Waals surface area (Å²) in [5.74, 6) is 1.75. The fraction of sp³-hybridized carbons (Fsp3) is 0.0833. The van der Waals surface area contributed by atoms with Crippen LogP contribution in [0, 0.1) is 0 Å². The van der Waals surface area contributed by atoms with Crippen molar-refractivity contribution >= 4 is 10.8 Å². The van der Waals surface area contributed by atoms with Crippen LogP contribution in [0.3, 0.4) is 0 Å². The first-order valence-corrected chi connectivity index (χ1v) is 8.75. The minimum Gasteiger partial charge on any atom is -0.489 e. The maximum atomic E-state index is 5.98. The Labute approximate surface area is 153 Å². The summed E-state index contributed by atoms with van der Waals surface area (Å²) in [5.41, 5.74) is 2.30. The molecule has 4 aromatic carbocycles. The second-order valence-corrected chi connectivity index (χ2v) is 6.18. The second-order valence-electron chi connectivity index (χ2n) is 6.18. The molecule has 0 saturated carbocycles. The number of hydrogen-bond acceptors (Lipinski definition) is 2. The molecule has 0 aliphatic carbocycles. The highest BCUT2D eigenvalue weighted by atomic mass is 16.5. The summed E-state index contributed by atoms with van der Waals surface area (Å²) in [6.45, 7) is 1.07. The van der Waals surface area contributed by atoms with Crippen LogP contribution in [-0.4, -0.2) is 0 Å². The molecule has 128 valence electrons. The molecule has 0 radical (unpaired) electrons. The Hall–Kier alpha value is -3.26. The maximum Gasteiger partial charge on any atom is 0.119 e. The molecule has 0 amide bonds. The molecule has 0 atom stereocenters. The molecule has 4 rings (SSSR count). The van der Waals surface area contributed by atoms with Gasteiger partial charge in [-0.15, -0.1) is 0 Å². The summed E-state index contributed by atoms with van der Waals surface area (Å²) in [6.07, 6.45) is 0.